The van der Waals surface area contributed by atoms with Crippen LogP contribution in [0.25, 0.3) is 0 Å². The van der Waals surface area contributed by atoms with Gasteiger partial charge in [0.15, 0.2) is 11.5 Å². The van der Waals surface area contributed by atoms with Gasteiger partial charge in [0.05, 0.1) is 24.1 Å². The van der Waals surface area contributed by atoms with Gasteiger partial charge < -0.3 is 18.9 Å². The lowest BCUT2D eigenvalue weighted by molar-refractivity contribution is -0.385. The molecule has 0 aliphatic heterocycles. The standard InChI is InChI=1S/C26H29N3O8/c1-34-25-12-3-20(19-26(25)35-2)13-14-27(15-17-36-23-8-4-21(5-9-23)28(30)31)16-18-37-24-10-6-22(7-11-24)29(32)33/h3-12,19H,13-18H2,1-2H3. The van der Waals surface area contributed by atoms with E-state index in [9.17, 15) is 20.2 Å². The zero-order valence-corrected chi connectivity index (χ0v) is 20.7. The molecular weight excluding hydrogens is 482 g/mol. The molecule has 3 aromatic rings. The van der Waals surface area contributed by atoms with E-state index < -0.39 is 9.85 Å². The van der Waals surface area contributed by atoms with Gasteiger partial charge in [0, 0.05) is 43.9 Å². The van der Waals surface area contributed by atoms with Crippen molar-refractivity contribution in [2.24, 2.45) is 0 Å². The van der Waals surface area contributed by atoms with Gasteiger partial charge in [-0.1, -0.05) is 6.07 Å². The molecule has 0 bridgehead atoms. The highest BCUT2D eigenvalue weighted by atomic mass is 16.6. The Morgan fingerprint density at radius 2 is 1.16 bits per heavy atom. The van der Waals surface area contributed by atoms with Gasteiger partial charge in [-0.3, -0.25) is 25.1 Å². The number of ether oxygens (including phenoxy) is 4. The predicted octanol–water partition coefficient (Wildman–Crippen LogP) is 4.52. The Hall–Kier alpha value is -4.38. The van der Waals surface area contributed by atoms with Crippen molar-refractivity contribution in [3.8, 4) is 23.0 Å². The molecule has 0 fully saturated rings. The first-order valence-electron chi connectivity index (χ1n) is 11.6. The van der Waals surface area contributed by atoms with Crippen molar-refractivity contribution in [1.82, 2.24) is 4.90 Å². The molecular formula is C26H29N3O8. The summed E-state index contributed by atoms with van der Waals surface area (Å²) in [6.45, 7) is 2.65. The second kappa shape index (κ2) is 13.6. The zero-order valence-electron chi connectivity index (χ0n) is 20.7. The first-order chi connectivity index (χ1) is 17.9. The van der Waals surface area contributed by atoms with Crippen LogP contribution in [0.3, 0.4) is 0 Å². The lowest BCUT2D eigenvalue weighted by Gasteiger charge is -2.23. The van der Waals surface area contributed by atoms with Crippen molar-refractivity contribution in [3.05, 3.63) is 92.5 Å². The zero-order chi connectivity index (χ0) is 26.6. The summed E-state index contributed by atoms with van der Waals surface area (Å²) in [7, 11) is 3.19. The molecule has 0 unspecified atom stereocenters. The van der Waals surface area contributed by atoms with E-state index in [-0.39, 0.29) is 11.4 Å². The van der Waals surface area contributed by atoms with Gasteiger partial charge in [-0.15, -0.1) is 0 Å². The summed E-state index contributed by atoms with van der Waals surface area (Å²) in [4.78, 5) is 22.9. The largest absolute Gasteiger partial charge is 0.493 e. The molecule has 0 saturated heterocycles. The molecule has 11 heteroatoms. The van der Waals surface area contributed by atoms with E-state index in [0.29, 0.717) is 55.8 Å². The van der Waals surface area contributed by atoms with Crippen LogP contribution in [0.1, 0.15) is 5.56 Å². The van der Waals surface area contributed by atoms with Crippen LogP contribution in [0.15, 0.2) is 66.7 Å². The molecule has 3 rings (SSSR count). The normalized spacial score (nSPS) is 10.7. The second-order valence-electron chi connectivity index (χ2n) is 7.98. The van der Waals surface area contributed by atoms with Crippen molar-refractivity contribution in [3.63, 3.8) is 0 Å². The Morgan fingerprint density at radius 3 is 1.59 bits per heavy atom. The molecule has 0 atom stereocenters. The summed E-state index contributed by atoms with van der Waals surface area (Å²) in [6, 6.07) is 17.7. The molecule has 0 N–H and O–H groups in total. The fourth-order valence-electron chi connectivity index (χ4n) is 3.57. The van der Waals surface area contributed by atoms with Crippen molar-refractivity contribution in [1.29, 1.82) is 0 Å². The maximum absolute atomic E-state index is 10.8. The van der Waals surface area contributed by atoms with Crippen molar-refractivity contribution in [2.45, 2.75) is 6.42 Å². The summed E-state index contributed by atoms with van der Waals surface area (Å²) in [5, 5.41) is 21.7. The Labute approximate surface area is 214 Å². The third-order valence-corrected chi connectivity index (χ3v) is 5.61. The molecule has 196 valence electrons. The number of rotatable bonds is 15. The number of nitrogens with zero attached hydrogens (tertiary/aromatic N) is 3. The van der Waals surface area contributed by atoms with Gasteiger partial charge in [0.25, 0.3) is 11.4 Å². The third kappa shape index (κ3) is 8.36. The minimum atomic E-state index is -0.454. The van der Waals surface area contributed by atoms with E-state index in [2.05, 4.69) is 4.90 Å². The molecule has 0 saturated carbocycles. The Morgan fingerprint density at radius 1 is 0.676 bits per heavy atom. The molecule has 0 aliphatic carbocycles. The minimum Gasteiger partial charge on any atom is -0.493 e. The molecule has 0 aliphatic rings. The van der Waals surface area contributed by atoms with Crippen LogP contribution in [-0.4, -0.2) is 61.8 Å². The molecule has 0 radical (unpaired) electrons. The Balaban J connectivity index is 1.58. The van der Waals surface area contributed by atoms with Crippen LogP contribution in [0.5, 0.6) is 23.0 Å². The Kier molecular flexibility index (Phi) is 10.0. The highest BCUT2D eigenvalue weighted by Crippen LogP contribution is 2.27. The van der Waals surface area contributed by atoms with E-state index in [1.165, 1.54) is 24.3 Å². The van der Waals surface area contributed by atoms with Gasteiger partial charge in [0.2, 0.25) is 0 Å². The quantitative estimate of drug-likeness (QED) is 0.214. The summed E-state index contributed by atoms with van der Waals surface area (Å²) in [6.07, 6.45) is 0.745. The average molecular weight is 512 g/mol. The van der Waals surface area contributed by atoms with Crippen molar-refractivity contribution in [2.75, 3.05) is 47.1 Å². The van der Waals surface area contributed by atoms with Crippen LogP contribution in [0.4, 0.5) is 11.4 Å². The number of hydrogen-bond acceptors (Lipinski definition) is 9. The Bertz CT molecular complexity index is 1110. The molecule has 11 nitrogen and oxygen atoms in total. The van der Waals surface area contributed by atoms with E-state index in [0.717, 1.165) is 12.0 Å². The lowest BCUT2D eigenvalue weighted by Crippen LogP contribution is -2.34. The maximum Gasteiger partial charge on any atom is 0.269 e. The average Bonchev–Trinajstić information content (AvgIpc) is 2.91. The fourth-order valence-corrected chi connectivity index (χ4v) is 3.57. The SMILES string of the molecule is COc1ccc(CCN(CCOc2ccc([N+](=O)[O-])cc2)CCOc2ccc([N+](=O)[O-])cc2)cc1OC. The monoisotopic (exact) mass is 511 g/mol. The predicted molar refractivity (Wildman–Crippen MR) is 137 cm³/mol. The fraction of sp³-hybridized carbons (Fsp3) is 0.308. The molecule has 0 aromatic heterocycles. The van der Waals surface area contributed by atoms with E-state index in [1.54, 1.807) is 38.5 Å². The molecule has 0 amide bonds. The van der Waals surface area contributed by atoms with Gasteiger partial charge >= 0.3 is 0 Å². The van der Waals surface area contributed by atoms with Crippen LogP contribution in [0, 0.1) is 20.2 Å². The topological polar surface area (TPSA) is 126 Å². The van der Waals surface area contributed by atoms with Crippen LogP contribution in [-0.2, 0) is 6.42 Å². The highest BCUT2D eigenvalue weighted by molar-refractivity contribution is 5.43. The summed E-state index contributed by atoms with van der Waals surface area (Å²) < 4.78 is 22.3. The number of benzene rings is 3. The number of nitro benzene ring substituents is 2. The highest BCUT2D eigenvalue weighted by Gasteiger charge is 2.11. The van der Waals surface area contributed by atoms with E-state index in [1.807, 2.05) is 18.2 Å². The summed E-state index contributed by atoms with van der Waals surface area (Å²) in [5.74, 6) is 2.42. The van der Waals surface area contributed by atoms with Gasteiger partial charge in [-0.2, -0.15) is 0 Å². The first kappa shape index (κ1) is 27.2. The van der Waals surface area contributed by atoms with Gasteiger partial charge in [-0.05, 0) is 48.4 Å². The maximum atomic E-state index is 10.8. The smallest absolute Gasteiger partial charge is 0.269 e. The van der Waals surface area contributed by atoms with Gasteiger partial charge in [-0.25, -0.2) is 0 Å². The lowest BCUT2D eigenvalue weighted by atomic mass is 10.1. The van der Waals surface area contributed by atoms with E-state index in [4.69, 9.17) is 18.9 Å². The van der Waals surface area contributed by atoms with Crippen LogP contribution < -0.4 is 18.9 Å². The van der Waals surface area contributed by atoms with Crippen LogP contribution in [0.2, 0.25) is 0 Å². The van der Waals surface area contributed by atoms with E-state index >= 15 is 0 Å². The number of methoxy groups -OCH3 is 2. The summed E-state index contributed by atoms with van der Waals surface area (Å²) >= 11 is 0. The second-order valence-corrected chi connectivity index (χ2v) is 7.98. The van der Waals surface area contributed by atoms with Gasteiger partial charge in [0.1, 0.15) is 24.7 Å². The van der Waals surface area contributed by atoms with Crippen LogP contribution >= 0.6 is 0 Å². The molecule has 0 heterocycles. The van der Waals surface area contributed by atoms with Crippen molar-refractivity contribution >= 4 is 11.4 Å². The van der Waals surface area contributed by atoms with Crippen molar-refractivity contribution < 1.29 is 28.8 Å². The molecule has 3 aromatic carbocycles. The number of hydrogen-bond donors (Lipinski definition) is 0. The number of non-ortho nitro benzene ring substituents is 2. The minimum absolute atomic E-state index is 0.00675. The summed E-state index contributed by atoms with van der Waals surface area (Å²) in [5.41, 5.74) is 1.09. The molecule has 0 spiro atoms. The first-order valence-corrected chi connectivity index (χ1v) is 11.6. The third-order valence-electron chi connectivity index (χ3n) is 5.61. The molecule has 37 heavy (non-hydrogen) atoms. The number of nitro groups is 2.